The molecule has 0 radical (unpaired) electrons. The minimum absolute atomic E-state index is 0.215. The predicted molar refractivity (Wildman–Crippen MR) is 55.7 cm³/mol. The number of para-hydroxylation sites is 1. The van der Waals surface area contributed by atoms with Crippen LogP contribution in [0.4, 0.5) is 0 Å². The van der Waals surface area contributed by atoms with E-state index in [1.165, 1.54) is 17.3 Å². The third-order valence-electron chi connectivity index (χ3n) is 1.97. The fourth-order valence-electron chi connectivity index (χ4n) is 1.25. The van der Waals surface area contributed by atoms with Gasteiger partial charge in [0.05, 0.1) is 5.71 Å². The van der Waals surface area contributed by atoms with Gasteiger partial charge in [0.25, 0.3) is 0 Å². The highest BCUT2D eigenvalue weighted by Gasteiger charge is 2.02. The molecule has 0 fully saturated rings. The van der Waals surface area contributed by atoms with Crippen molar-refractivity contribution in [1.29, 1.82) is 0 Å². The third-order valence-corrected chi connectivity index (χ3v) is 1.97. The Labute approximate surface area is 86.7 Å². The minimum Gasteiger partial charge on any atom is -0.507 e. The number of aromatic hydroxyl groups is 1. The Balaban J connectivity index is 2.36. The Hall–Kier alpha value is -2.17. The van der Waals surface area contributed by atoms with Crippen LogP contribution in [0.1, 0.15) is 12.5 Å². The van der Waals surface area contributed by atoms with E-state index in [2.05, 4.69) is 15.3 Å². The summed E-state index contributed by atoms with van der Waals surface area (Å²) >= 11 is 0. The van der Waals surface area contributed by atoms with Crippen LogP contribution in [0.25, 0.3) is 0 Å². The fraction of sp³-hybridized carbons (Fsp3) is 0.100. The summed E-state index contributed by atoms with van der Waals surface area (Å²) in [6.07, 6.45) is 2.98. The second kappa shape index (κ2) is 3.91. The van der Waals surface area contributed by atoms with Crippen molar-refractivity contribution in [2.24, 2.45) is 5.10 Å². The molecule has 0 aliphatic rings. The normalized spacial score (nSPS) is 11.7. The van der Waals surface area contributed by atoms with E-state index >= 15 is 0 Å². The summed E-state index contributed by atoms with van der Waals surface area (Å²) in [6.45, 7) is 1.81. The van der Waals surface area contributed by atoms with Crippen molar-refractivity contribution >= 4 is 5.71 Å². The topological polar surface area (TPSA) is 63.3 Å². The number of phenols is 1. The van der Waals surface area contributed by atoms with Crippen molar-refractivity contribution in [1.82, 2.24) is 14.9 Å². The molecule has 15 heavy (non-hydrogen) atoms. The van der Waals surface area contributed by atoms with Gasteiger partial charge in [0.2, 0.25) is 0 Å². The highest BCUT2D eigenvalue weighted by Crippen LogP contribution is 2.16. The van der Waals surface area contributed by atoms with Crippen molar-refractivity contribution in [2.45, 2.75) is 6.92 Å². The maximum atomic E-state index is 9.59. The average Bonchev–Trinajstić information content (AvgIpc) is 2.71. The lowest BCUT2D eigenvalue weighted by atomic mass is 10.1. The zero-order chi connectivity index (χ0) is 10.7. The Bertz CT molecular complexity index is 476. The molecule has 5 nitrogen and oxygen atoms in total. The number of rotatable bonds is 2. The van der Waals surface area contributed by atoms with Crippen LogP contribution < -0.4 is 0 Å². The number of aromatic nitrogens is 3. The van der Waals surface area contributed by atoms with Gasteiger partial charge in [0.15, 0.2) is 0 Å². The molecule has 2 rings (SSSR count). The summed E-state index contributed by atoms with van der Waals surface area (Å²) < 4.78 is 1.49. The average molecular weight is 202 g/mol. The molecule has 0 bridgehead atoms. The Morgan fingerprint density at radius 2 is 1.93 bits per heavy atom. The Kier molecular flexibility index (Phi) is 2.45. The van der Waals surface area contributed by atoms with Gasteiger partial charge in [0, 0.05) is 5.56 Å². The van der Waals surface area contributed by atoms with Gasteiger partial charge in [-0.15, -0.1) is 10.2 Å². The first kappa shape index (κ1) is 9.39. The Morgan fingerprint density at radius 3 is 2.60 bits per heavy atom. The zero-order valence-electron chi connectivity index (χ0n) is 8.20. The smallest absolute Gasteiger partial charge is 0.141 e. The SMILES string of the molecule is C/C(=N\n1cnnc1)c1ccccc1O. The molecular formula is C10H10N4O. The van der Waals surface area contributed by atoms with Crippen LogP contribution in [-0.4, -0.2) is 25.7 Å². The summed E-state index contributed by atoms with van der Waals surface area (Å²) in [7, 11) is 0. The number of benzene rings is 1. The molecule has 5 heteroatoms. The molecule has 0 aliphatic heterocycles. The molecule has 1 aromatic carbocycles. The van der Waals surface area contributed by atoms with Crippen molar-refractivity contribution < 1.29 is 5.11 Å². The third kappa shape index (κ3) is 2.01. The van der Waals surface area contributed by atoms with Crippen LogP contribution in [0.3, 0.4) is 0 Å². The molecule has 0 saturated heterocycles. The first-order valence-corrected chi connectivity index (χ1v) is 4.46. The molecule has 0 atom stereocenters. The molecule has 76 valence electrons. The standard InChI is InChI=1S/C10H10N4O/c1-8(13-14-6-11-12-7-14)9-4-2-3-5-10(9)15/h2-7,15H,1H3/b13-8+. The highest BCUT2D eigenvalue weighted by atomic mass is 16.3. The predicted octanol–water partition coefficient (Wildman–Crippen LogP) is 1.26. The number of nitrogens with zero attached hydrogens (tertiary/aromatic N) is 4. The summed E-state index contributed by atoms with van der Waals surface area (Å²) in [5.74, 6) is 0.215. The van der Waals surface area contributed by atoms with Gasteiger partial charge in [-0.25, -0.2) is 4.68 Å². The van der Waals surface area contributed by atoms with E-state index in [4.69, 9.17) is 0 Å². The highest BCUT2D eigenvalue weighted by molar-refractivity contribution is 6.00. The van der Waals surface area contributed by atoms with Gasteiger partial charge in [-0.05, 0) is 19.1 Å². The zero-order valence-corrected chi connectivity index (χ0v) is 8.20. The summed E-state index contributed by atoms with van der Waals surface area (Å²) in [5.41, 5.74) is 1.40. The molecular weight excluding hydrogens is 192 g/mol. The van der Waals surface area contributed by atoms with Crippen LogP contribution in [0.5, 0.6) is 5.75 Å². The summed E-state index contributed by atoms with van der Waals surface area (Å²) in [5, 5.41) is 21.1. The number of hydrogen-bond acceptors (Lipinski definition) is 4. The monoisotopic (exact) mass is 202 g/mol. The van der Waals surface area contributed by atoms with Crippen LogP contribution in [0, 0.1) is 0 Å². The summed E-state index contributed by atoms with van der Waals surface area (Å²) in [4.78, 5) is 0. The maximum Gasteiger partial charge on any atom is 0.141 e. The van der Waals surface area contributed by atoms with Gasteiger partial charge in [-0.1, -0.05) is 12.1 Å². The number of phenolic OH excluding ortho intramolecular Hbond substituents is 1. The van der Waals surface area contributed by atoms with E-state index in [-0.39, 0.29) is 5.75 Å². The van der Waals surface area contributed by atoms with Crippen LogP contribution in [0.2, 0.25) is 0 Å². The lowest BCUT2D eigenvalue weighted by molar-refractivity contribution is 0.474. The molecule has 0 unspecified atom stereocenters. The fourth-order valence-corrected chi connectivity index (χ4v) is 1.25. The van der Waals surface area contributed by atoms with E-state index in [1.807, 2.05) is 13.0 Å². The van der Waals surface area contributed by atoms with Gasteiger partial charge in [0.1, 0.15) is 18.4 Å². The van der Waals surface area contributed by atoms with E-state index in [9.17, 15) is 5.11 Å². The second-order valence-corrected chi connectivity index (χ2v) is 3.04. The van der Waals surface area contributed by atoms with E-state index < -0.39 is 0 Å². The quantitative estimate of drug-likeness (QED) is 0.745. The molecule has 2 aromatic rings. The van der Waals surface area contributed by atoms with Crippen LogP contribution in [-0.2, 0) is 0 Å². The van der Waals surface area contributed by atoms with Gasteiger partial charge in [-0.3, -0.25) is 0 Å². The van der Waals surface area contributed by atoms with Crippen LogP contribution in [0.15, 0.2) is 42.0 Å². The van der Waals surface area contributed by atoms with Crippen molar-refractivity contribution in [3.8, 4) is 5.75 Å². The first-order valence-electron chi connectivity index (χ1n) is 4.46. The molecule has 0 saturated carbocycles. The molecule has 0 aliphatic carbocycles. The van der Waals surface area contributed by atoms with Gasteiger partial charge >= 0.3 is 0 Å². The lowest BCUT2D eigenvalue weighted by Crippen LogP contribution is -1.98. The van der Waals surface area contributed by atoms with Crippen LogP contribution >= 0.6 is 0 Å². The van der Waals surface area contributed by atoms with E-state index in [1.54, 1.807) is 18.2 Å². The molecule has 1 aromatic heterocycles. The van der Waals surface area contributed by atoms with E-state index in [0.29, 0.717) is 11.3 Å². The minimum atomic E-state index is 0.215. The van der Waals surface area contributed by atoms with Crippen molar-refractivity contribution in [2.75, 3.05) is 0 Å². The summed E-state index contributed by atoms with van der Waals surface area (Å²) in [6, 6.07) is 7.05. The number of hydrogen-bond donors (Lipinski definition) is 1. The first-order chi connectivity index (χ1) is 7.27. The molecule has 0 amide bonds. The molecule has 1 N–H and O–H groups in total. The lowest BCUT2D eigenvalue weighted by Gasteiger charge is -2.02. The van der Waals surface area contributed by atoms with Gasteiger partial charge < -0.3 is 5.11 Å². The second-order valence-electron chi connectivity index (χ2n) is 3.04. The molecule has 0 spiro atoms. The van der Waals surface area contributed by atoms with Crippen molar-refractivity contribution in [3.05, 3.63) is 42.5 Å². The van der Waals surface area contributed by atoms with Gasteiger partial charge in [-0.2, -0.15) is 5.10 Å². The largest absolute Gasteiger partial charge is 0.507 e. The Morgan fingerprint density at radius 1 is 1.27 bits per heavy atom. The molecule has 1 heterocycles. The maximum absolute atomic E-state index is 9.59. The van der Waals surface area contributed by atoms with E-state index in [0.717, 1.165) is 0 Å². The van der Waals surface area contributed by atoms with Crippen molar-refractivity contribution in [3.63, 3.8) is 0 Å².